The number of rotatable bonds is 5. The largest absolute Gasteiger partial charge is 0.368 e. The van der Waals surface area contributed by atoms with Crippen LogP contribution >= 0.6 is 11.3 Å². The predicted molar refractivity (Wildman–Crippen MR) is 103 cm³/mol. The zero-order chi connectivity index (χ0) is 18.1. The number of anilines is 1. The van der Waals surface area contributed by atoms with Crippen molar-refractivity contribution >= 4 is 28.1 Å². The summed E-state index contributed by atoms with van der Waals surface area (Å²) in [4.78, 5) is 16.7. The van der Waals surface area contributed by atoms with Gasteiger partial charge in [-0.2, -0.15) is 0 Å². The van der Waals surface area contributed by atoms with Gasteiger partial charge in [0.05, 0.1) is 5.69 Å². The molecular weight excluding hydrogens is 350 g/mol. The zero-order valence-electron chi connectivity index (χ0n) is 15.0. The van der Waals surface area contributed by atoms with Crippen molar-refractivity contribution in [1.82, 2.24) is 19.9 Å². The van der Waals surface area contributed by atoms with Gasteiger partial charge in [0.15, 0.2) is 0 Å². The molecule has 1 saturated heterocycles. The van der Waals surface area contributed by atoms with E-state index < -0.39 is 6.41 Å². The summed E-state index contributed by atoms with van der Waals surface area (Å²) >= 11 is 1.64. The van der Waals surface area contributed by atoms with Gasteiger partial charge in [0, 0.05) is 61.1 Å². The molecule has 1 aliphatic rings. The van der Waals surface area contributed by atoms with Crippen molar-refractivity contribution < 1.29 is 9.84 Å². The van der Waals surface area contributed by atoms with Crippen molar-refractivity contribution in [2.45, 2.75) is 20.3 Å². The number of pyridine rings is 1. The Morgan fingerprint density at radius 1 is 1.35 bits per heavy atom. The summed E-state index contributed by atoms with van der Waals surface area (Å²) in [6.45, 7) is 7.58. The minimum Gasteiger partial charge on any atom is -0.368 e. The average molecular weight is 373 g/mol. The van der Waals surface area contributed by atoms with Crippen molar-refractivity contribution in [2.24, 2.45) is 0 Å². The van der Waals surface area contributed by atoms with E-state index in [9.17, 15) is 5.11 Å². The van der Waals surface area contributed by atoms with Gasteiger partial charge in [-0.05, 0) is 26.0 Å². The van der Waals surface area contributed by atoms with Crippen LogP contribution in [-0.2, 0) is 4.74 Å². The van der Waals surface area contributed by atoms with E-state index in [0.717, 1.165) is 59.3 Å². The third-order valence-electron chi connectivity index (χ3n) is 4.64. The van der Waals surface area contributed by atoms with Gasteiger partial charge < -0.3 is 19.7 Å². The fourth-order valence-electron chi connectivity index (χ4n) is 3.32. The number of thiazole rings is 1. The minimum absolute atomic E-state index is 0.509. The maximum Gasteiger partial charge on any atom is 0.216 e. The first-order chi connectivity index (χ1) is 12.7. The molecule has 0 bridgehead atoms. The molecule has 7 nitrogen and oxygen atoms in total. The summed E-state index contributed by atoms with van der Waals surface area (Å²) in [6, 6.07) is 4.19. The highest BCUT2D eigenvalue weighted by Gasteiger charge is 2.24. The highest BCUT2D eigenvalue weighted by atomic mass is 32.1. The number of aromatic amines is 1. The average Bonchev–Trinajstić information content (AvgIpc) is 3.27. The van der Waals surface area contributed by atoms with Crippen LogP contribution in [0.25, 0.3) is 21.7 Å². The second-order valence-corrected chi connectivity index (χ2v) is 7.23. The Labute approximate surface area is 156 Å². The van der Waals surface area contributed by atoms with Crippen LogP contribution in [0.5, 0.6) is 0 Å². The first-order valence-electron chi connectivity index (χ1n) is 8.84. The Balaban J connectivity index is 1.57. The van der Waals surface area contributed by atoms with Crippen LogP contribution in [0.3, 0.4) is 0 Å². The van der Waals surface area contributed by atoms with E-state index >= 15 is 0 Å². The molecule has 0 amide bonds. The highest BCUT2D eigenvalue weighted by Crippen LogP contribution is 2.32. The number of aliphatic hydroxyl groups is 1. The summed E-state index contributed by atoms with van der Waals surface area (Å²) < 4.78 is 5.29. The topological polar surface area (TPSA) is 77.5 Å². The first kappa shape index (κ1) is 17.4. The van der Waals surface area contributed by atoms with E-state index in [2.05, 4.69) is 37.4 Å². The standard InChI is InChI=1S/C18H23N5O2S/c1-3-25-18(24)23-8-6-22(7-9-23)15-4-5-19-16-13(15)10-14(21-16)17-20-12(2)11-26-17/h4-5,10-11,18,24H,3,6-9H2,1-2H3,(H,19,21). The second kappa shape index (κ2) is 7.32. The van der Waals surface area contributed by atoms with Gasteiger partial charge in [-0.15, -0.1) is 11.3 Å². The first-order valence-corrected chi connectivity index (χ1v) is 9.72. The van der Waals surface area contributed by atoms with Gasteiger partial charge in [0.1, 0.15) is 10.7 Å². The van der Waals surface area contributed by atoms with E-state index in [1.807, 2.05) is 24.9 Å². The Morgan fingerprint density at radius 3 is 2.85 bits per heavy atom. The minimum atomic E-state index is -0.813. The Morgan fingerprint density at radius 2 is 2.15 bits per heavy atom. The number of aromatic nitrogens is 3. The summed E-state index contributed by atoms with van der Waals surface area (Å²) in [7, 11) is 0. The smallest absolute Gasteiger partial charge is 0.216 e. The van der Waals surface area contributed by atoms with Crippen molar-refractivity contribution in [2.75, 3.05) is 37.7 Å². The molecule has 2 N–H and O–H groups in total. The molecule has 1 fully saturated rings. The van der Waals surface area contributed by atoms with E-state index in [-0.39, 0.29) is 0 Å². The summed E-state index contributed by atoms with van der Waals surface area (Å²) in [5, 5.41) is 14.1. The number of aryl methyl sites for hydroxylation is 1. The number of hydrogen-bond acceptors (Lipinski definition) is 7. The van der Waals surface area contributed by atoms with Gasteiger partial charge >= 0.3 is 0 Å². The molecule has 0 aromatic carbocycles. The van der Waals surface area contributed by atoms with Gasteiger partial charge in [0.2, 0.25) is 6.41 Å². The number of aliphatic hydroxyl groups excluding tert-OH is 1. The summed E-state index contributed by atoms with van der Waals surface area (Å²) in [6.07, 6.45) is 1.03. The molecule has 4 rings (SSSR count). The number of H-pyrrole nitrogens is 1. The SMILES string of the molecule is CCOC(O)N1CCN(c2ccnc3[nH]c(-c4nc(C)cs4)cc23)CC1. The van der Waals surface area contributed by atoms with Crippen LogP contribution in [0.2, 0.25) is 0 Å². The van der Waals surface area contributed by atoms with Crippen LogP contribution < -0.4 is 4.90 Å². The van der Waals surface area contributed by atoms with Gasteiger partial charge in [-0.3, -0.25) is 4.90 Å². The van der Waals surface area contributed by atoms with Crippen LogP contribution in [0, 0.1) is 6.92 Å². The van der Waals surface area contributed by atoms with Crippen LogP contribution in [-0.4, -0.2) is 64.2 Å². The maximum absolute atomic E-state index is 10.00. The Hall–Kier alpha value is -2.00. The van der Waals surface area contributed by atoms with Crippen molar-refractivity contribution in [3.05, 3.63) is 29.4 Å². The molecule has 138 valence electrons. The van der Waals surface area contributed by atoms with E-state index in [1.165, 1.54) is 0 Å². The molecule has 4 heterocycles. The van der Waals surface area contributed by atoms with Crippen LogP contribution in [0.4, 0.5) is 5.69 Å². The normalized spacial score (nSPS) is 17.1. The van der Waals surface area contributed by atoms with Crippen molar-refractivity contribution in [3.8, 4) is 10.7 Å². The molecule has 1 aliphatic heterocycles. The van der Waals surface area contributed by atoms with Crippen LogP contribution in [0.1, 0.15) is 12.6 Å². The number of nitrogens with one attached hydrogen (secondary N) is 1. The highest BCUT2D eigenvalue weighted by molar-refractivity contribution is 7.13. The molecule has 3 aromatic rings. The van der Waals surface area contributed by atoms with Gasteiger partial charge in [0.25, 0.3) is 0 Å². The molecule has 26 heavy (non-hydrogen) atoms. The monoisotopic (exact) mass is 373 g/mol. The number of piperazine rings is 1. The van der Waals surface area contributed by atoms with Gasteiger partial charge in [-0.1, -0.05) is 0 Å². The molecule has 0 aliphatic carbocycles. The van der Waals surface area contributed by atoms with Crippen LogP contribution in [0.15, 0.2) is 23.7 Å². The fraction of sp³-hybridized carbons (Fsp3) is 0.444. The lowest BCUT2D eigenvalue weighted by Gasteiger charge is -2.38. The molecule has 0 radical (unpaired) electrons. The summed E-state index contributed by atoms with van der Waals surface area (Å²) in [5.41, 5.74) is 4.07. The van der Waals surface area contributed by atoms with Crippen molar-refractivity contribution in [3.63, 3.8) is 0 Å². The van der Waals surface area contributed by atoms with E-state index in [1.54, 1.807) is 11.3 Å². The third-order valence-corrected chi connectivity index (χ3v) is 5.63. The van der Waals surface area contributed by atoms with Gasteiger partial charge in [-0.25, -0.2) is 9.97 Å². The lowest BCUT2D eigenvalue weighted by Crippen LogP contribution is -2.51. The molecular formula is C18H23N5O2S. The Bertz CT molecular complexity index is 885. The molecule has 8 heteroatoms. The van der Waals surface area contributed by atoms with Crippen molar-refractivity contribution in [1.29, 1.82) is 0 Å². The molecule has 1 atom stereocenters. The summed E-state index contributed by atoms with van der Waals surface area (Å²) in [5.74, 6) is 0. The van der Waals surface area contributed by atoms with E-state index in [4.69, 9.17) is 4.74 Å². The lowest BCUT2D eigenvalue weighted by molar-refractivity contribution is -0.191. The third kappa shape index (κ3) is 3.33. The zero-order valence-corrected chi connectivity index (χ0v) is 15.8. The lowest BCUT2D eigenvalue weighted by atomic mass is 10.2. The number of hydrogen-bond donors (Lipinski definition) is 2. The molecule has 0 saturated carbocycles. The number of nitrogens with zero attached hydrogens (tertiary/aromatic N) is 4. The Kier molecular flexibility index (Phi) is 4.90. The molecule has 3 aromatic heterocycles. The van der Waals surface area contributed by atoms with E-state index in [0.29, 0.717) is 6.61 Å². The number of fused-ring (bicyclic) bond motifs is 1. The predicted octanol–water partition coefficient (Wildman–Crippen LogP) is 2.43. The quantitative estimate of drug-likeness (QED) is 0.669. The number of ether oxygens (including phenoxy) is 1. The second-order valence-electron chi connectivity index (χ2n) is 6.37. The molecule has 1 unspecified atom stereocenters. The molecule has 0 spiro atoms. The maximum atomic E-state index is 10.00. The fourth-order valence-corrected chi connectivity index (χ4v) is 4.09.